The van der Waals surface area contributed by atoms with E-state index in [1.807, 2.05) is 49.4 Å². The van der Waals surface area contributed by atoms with Crippen LogP contribution >= 0.6 is 15.9 Å². The van der Waals surface area contributed by atoms with Crippen molar-refractivity contribution in [1.29, 1.82) is 0 Å². The van der Waals surface area contributed by atoms with Gasteiger partial charge in [-0.15, -0.1) is 0 Å². The molecule has 0 spiro atoms. The monoisotopic (exact) mass is 426 g/mol. The highest BCUT2D eigenvalue weighted by Gasteiger charge is 2.14. The van der Waals surface area contributed by atoms with E-state index in [1.54, 1.807) is 6.07 Å². The van der Waals surface area contributed by atoms with Crippen molar-refractivity contribution < 1.29 is 14.0 Å². The number of halogens is 1. The van der Waals surface area contributed by atoms with Crippen LogP contribution in [0.4, 0.5) is 0 Å². The summed E-state index contributed by atoms with van der Waals surface area (Å²) in [7, 11) is 0. The van der Waals surface area contributed by atoms with E-state index in [0.717, 1.165) is 16.7 Å². The number of amides is 2. The summed E-state index contributed by atoms with van der Waals surface area (Å²) in [5.74, 6) is -0.552. The van der Waals surface area contributed by atoms with Gasteiger partial charge in [0.1, 0.15) is 0 Å². The maximum atomic E-state index is 12.1. The fourth-order valence-electron chi connectivity index (χ4n) is 2.65. The molecule has 138 valence electrons. The van der Waals surface area contributed by atoms with Crippen LogP contribution in [0.1, 0.15) is 29.1 Å². The first kappa shape index (κ1) is 18.9. The minimum Gasteiger partial charge on any atom is -0.444 e. The number of hydrogen-bond donors (Lipinski definition) is 2. The van der Waals surface area contributed by atoms with E-state index in [4.69, 9.17) is 4.42 Å². The molecule has 6 heteroatoms. The van der Waals surface area contributed by atoms with Crippen LogP contribution in [-0.2, 0) is 4.79 Å². The summed E-state index contributed by atoms with van der Waals surface area (Å²) < 4.78 is 5.61. The van der Waals surface area contributed by atoms with E-state index in [9.17, 15) is 9.59 Å². The van der Waals surface area contributed by atoms with E-state index >= 15 is 0 Å². The molecule has 0 saturated carbocycles. The summed E-state index contributed by atoms with van der Waals surface area (Å²) in [6.07, 6.45) is 0. The lowest BCUT2D eigenvalue weighted by Gasteiger charge is -2.15. The maximum Gasteiger partial charge on any atom is 0.287 e. The molecule has 2 N–H and O–H groups in total. The Balaban J connectivity index is 1.52. The molecule has 0 aliphatic rings. The van der Waals surface area contributed by atoms with Crippen molar-refractivity contribution in [3.63, 3.8) is 0 Å². The highest BCUT2D eigenvalue weighted by atomic mass is 79.9. The molecule has 5 nitrogen and oxygen atoms in total. The zero-order valence-corrected chi connectivity index (χ0v) is 16.3. The summed E-state index contributed by atoms with van der Waals surface area (Å²) in [5, 5.41) is 5.41. The molecule has 0 aliphatic carbocycles. The average molecular weight is 427 g/mol. The Kier molecular flexibility index (Phi) is 6.08. The molecule has 0 unspecified atom stereocenters. The van der Waals surface area contributed by atoms with Crippen LogP contribution in [0.15, 0.2) is 75.8 Å². The molecule has 3 rings (SSSR count). The van der Waals surface area contributed by atoms with Gasteiger partial charge in [-0.05, 0) is 51.7 Å². The van der Waals surface area contributed by atoms with Crippen LogP contribution < -0.4 is 10.6 Å². The number of benzene rings is 2. The second kappa shape index (κ2) is 8.68. The van der Waals surface area contributed by atoms with Crippen LogP contribution in [0, 0.1) is 0 Å². The lowest BCUT2D eigenvalue weighted by Crippen LogP contribution is -2.37. The lowest BCUT2D eigenvalue weighted by molar-refractivity contribution is -0.120. The second-order valence-electron chi connectivity index (χ2n) is 6.06. The van der Waals surface area contributed by atoms with Gasteiger partial charge in [-0.1, -0.05) is 54.6 Å². The van der Waals surface area contributed by atoms with Gasteiger partial charge in [0, 0.05) is 0 Å². The molecule has 3 aromatic rings. The van der Waals surface area contributed by atoms with Gasteiger partial charge in [0.25, 0.3) is 5.91 Å². The number of carbonyl (C=O) groups excluding carboxylic acids is 2. The van der Waals surface area contributed by atoms with E-state index < -0.39 is 5.91 Å². The van der Waals surface area contributed by atoms with E-state index in [-0.39, 0.29) is 24.3 Å². The van der Waals surface area contributed by atoms with Gasteiger partial charge in [-0.2, -0.15) is 0 Å². The van der Waals surface area contributed by atoms with Crippen molar-refractivity contribution in [2.24, 2.45) is 0 Å². The summed E-state index contributed by atoms with van der Waals surface area (Å²) in [6, 6.07) is 21.1. The van der Waals surface area contributed by atoms with Crippen LogP contribution in [0.5, 0.6) is 0 Å². The SMILES string of the molecule is C[C@@H](NC(=O)CNC(=O)c1ccc(Br)o1)c1ccc(-c2ccccc2)cc1. The van der Waals surface area contributed by atoms with Gasteiger partial charge < -0.3 is 15.1 Å². The topological polar surface area (TPSA) is 71.3 Å². The lowest BCUT2D eigenvalue weighted by atomic mass is 10.0. The van der Waals surface area contributed by atoms with E-state index in [1.165, 1.54) is 6.07 Å². The molecule has 0 fully saturated rings. The molecule has 0 radical (unpaired) electrons. The van der Waals surface area contributed by atoms with Crippen molar-refractivity contribution in [1.82, 2.24) is 10.6 Å². The third-order valence-electron chi connectivity index (χ3n) is 4.10. The molecule has 0 aliphatic heterocycles. The smallest absolute Gasteiger partial charge is 0.287 e. The number of carbonyl (C=O) groups is 2. The molecule has 0 saturated heterocycles. The summed E-state index contributed by atoms with van der Waals surface area (Å²) >= 11 is 3.13. The third-order valence-corrected chi connectivity index (χ3v) is 4.53. The predicted molar refractivity (Wildman–Crippen MR) is 107 cm³/mol. The van der Waals surface area contributed by atoms with Crippen LogP contribution in [0.25, 0.3) is 11.1 Å². The van der Waals surface area contributed by atoms with Crippen molar-refractivity contribution in [2.75, 3.05) is 6.54 Å². The van der Waals surface area contributed by atoms with E-state index in [0.29, 0.717) is 4.67 Å². The van der Waals surface area contributed by atoms with Crippen molar-refractivity contribution >= 4 is 27.7 Å². The van der Waals surface area contributed by atoms with Gasteiger partial charge >= 0.3 is 0 Å². The number of furan rings is 1. The first-order chi connectivity index (χ1) is 13.0. The molecule has 0 bridgehead atoms. The quantitative estimate of drug-likeness (QED) is 0.616. The van der Waals surface area contributed by atoms with Crippen molar-refractivity contribution in [3.05, 3.63) is 82.7 Å². The zero-order chi connectivity index (χ0) is 19.2. The van der Waals surface area contributed by atoms with Gasteiger partial charge in [-0.25, -0.2) is 0 Å². The molecule has 1 atom stereocenters. The first-order valence-corrected chi connectivity index (χ1v) is 9.30. The Labute approximate surface area is 165 Å². The third kappa shape index (κ3) is 5.08. The van der Waals surface area contributed by atoms with Crippen LogP contribution in [0.3, 0.4) is 0 Å². The highest BCUT2D eigenvalue weighted by Crippen LogP contribution is 2.21. The highest BCUT2D eigenvalue weighted by molar-refractivity contribution is 9.10. The largest absolute Gasteiger partial charge is 0.444 e. The molecule has 27 heavy (non-hydrogen) atoms. The second-order valence-corrected chi connectivity index (χ2v) is 6.85. The summed E-state index contributed by atoms with van der Waals surface area (Å²) in [4.78, 5) is 24.0. The average Bonchev–Trinajstić information content (AvgIpc) is 3.13. The Bertz CT molecular complexity index is 920. The van der Waals surface area contributed by atoms with Gasteiger partial charge in [0.15, 0.2) is 10.4 Å². The van der Waals surface area contributed by atoms with Crippen LogP contribution in [0.2, 0.25) is 0 Å². The number of rotatable bonds is 6. The van der Waals surface area contributed by atoms with Gasteiger partial charge in [0.05, 0.1) is 12.6 Å². The summed E-state index contributed by atoms with van der Waals surface area (Å²) in [5.41, 5.74) is 3.26. The van der Waals surface area contributed by atoms with Crippen LogP contribution in [-0.4, -0.2) is 18.4 Å². The Hall–Kier alpha value is -2.86. The minimum absolute atomic E-state index is 0.121. The predicted octanol–water partition coefficient (Wildman–Crippen LogP) is 4.32. The number of hydrogen-bond acceptors (Lipinski definition) is 3. The van der Waals surface area contributed by atoms with Gasteiger partial charge in [0.2, 0.25) is 5.91 Å². The molecule has 2 aromatic carbocycles. The molecule has 2 amide bonds. The molecular formula is C21H19BrN2O3. The fourth-order valence-corrected chi connectivity index (χ4v) is 2.96. The van der Waals surface area contributed by atoms with Crippen molar-refractivity contribution in [2.45, 2.75) is 13.0 Å². The number of nitrogens with one attached hydrogen (secondary N) is 2. The standard InChI is InChI=1S/C21H19BrN2O3/c1-14(15-7-9-17(10-8-15)16-5-3-2-4-6-16)24-20(25)13-23-21(26)18-11-12-19(22)27-18/h2-12,14H,13H2,1H3,(H,23,26)(H,24,25)/t14-/m1/s1. The zero-order valence-electron chi connectivity index (χ0n) is 14.7. The first-order valence-electron chi connectivity index (χ1n) is 8.51. The van der Waals surface area contributed by atoms with E-state index in [2.05, 4.69) is 38.7 Å². The van der Waals surface area contributed by atoms with Gasteiger partial charge in [-0.3, -0.25) is 9.59 Å². The maximum absolute atomic E-state index is 12.1. The molecule has 1 heterocycles. The fraction of sp³-hybridized carbons (Fsp3) is 0.143. The Morgan fingerprint density at radius 1 is 0.963 bits per heavy atom. The summed E-state index contributed by atoms with van der Waals surface area (Å²) in [6.45, 7) is 1.78. The van der Waals surface area contributed by atoms with Crippen molar-refractivity contribution in [3.8, 4) is 11.1 Å². The normalized spacial score (nSPS) is 11.6. The Morgan fingerprint density at radius 2 is 1.63 bits per heavy atom. The minimum atomic E-state index is -0.435. The molecule has 1 aromatic heterocycles. The Morgan fingerprint density at radius 3 is 2.26 bits per heavy atom. The molecular weight excluding hydrogens is 408 g/mol.